The molecular weight excluding hydrogens is 380 g/mol. The van der Waals surface area contributed by atoms with Crippen molar-refractivity contribution < 1.29 is 27.4 Å². The molecule has 1 aliphatic heterocycles. The average Bonchev–Trinajstić information content (AvgIpc) is 2.55. The van der Waals surface area contributed by atoms with Crippen molar-refractivity contribution in [3.63, 3.8) is 0 Å². The van der Waals surface area contributed by atoms with Crippen LogP contribution in [0.2, 0.25) is 10.0 Å². The molecule has 0 amide bonds. The average molecular weight is 391 g/mol. The Morgan fingerprint density at radius 3 is 2.40 bits per heavy atom. The van der Waals surface area contributed by atoms with Crippen molar-refractivity contribution in [2.75, 3.05) is 7.11 Å². The van der Waals surface area contributed by atoms with Crippen molar-refractivity contribution in [3.05, 3.63) is 52.0 Å². The topological polar surface area (TPSA) is 27.7 Å². The van der Waals surface area contributed by atoms with Crippen LogP contribution in [0.3, 0.4) is 0 Å². The normalized spacial score (nSPS) is 16.2. The quantitative estimate of drug-likeness (QED) is 0.630. The molecule has 0 unspecified atom stereocenters. The van der Waals surface area contributed by atoms with Gasteiger partial charge >= 0.3 is 6.18 Å². The van der Waals surface area contributed by atoms with Crippen molar-refractivity contribution in [1.82, 2.24) is 0 Å². The van der Waals surface area contributed by atoms with E-state index in [2.05, 4.69) is 0 Å². The SMILES string of the molecule is COc1ccc(Oc2cc3c(cc2Cl)C=C[C@H](C(F)(F)F)O3)c(Cl)c1. The van der Waals surface area contributed by atoms with E-state index in [0.717, 1.165) is 6.08 Å². The van der Waals surface area contributed by atoms with Crippen LogP contribution in [0.1, 0.15) is 5.56 Å². The summed E-state index contributed by atoms with van der Waals surface area (Å²) >= 11 is 12.2. The molecule has 0 radical (unpaired) electrons. The molecule has 0 saturated carbocycles. The highest BCUT2D eigenvalue weighted by molar-refractivity contribution is 6.33. The van der Waals surface area contributed by atoms with E-state index in [1.54, 1.807) is 18.2 Å². The number of hydrogen-bond donors (Lipinski definition) is 0. The first-order chi connectivity index (χ1) is 11.8. The predicted octanol–water partition coefficient (Wildman–Crippen LogP) is 6.13. The lowest BCUT2D eigenvalue weighted by molar-refractivity contribution is -0.180. The Balaban J connectivity index is 1.91. The van der Waals surface area contributed by atoms with Crippen LogP contribution in [0.25, 0.3) is 6.08 Å². The fourth-order valence-corrected chi connectivity index (χ4v) is 2.63. The van der Waals surface area contributed by atoms with Gasteiger partial charge in [0, 0.05) is 17.7 Å². The van der Waals surface area contributed by atoms with Crippen LogP contribution >= 0.6 is 23.2 Å². The molecular formula is C17H11Cl2F3O3. The van der Waals surface area contributed by atoms with Gasteiger partial charge in [-0.1, -0.05) is 29.3 Å². The Morgan fingerprint density at radius 2 is 1.76 bits per heavy atom. The van der Waals surface area contributed by atoms with Gasteiger partial charge in [0.1, 0.15) is 23.0 Å². The highest BCUT2D eigenvalue weighted by Gasteiger charge is 2.41. The molecule has 0 fully saturated rings. The first kappa shape index (κ1) is 17.8. The van der Waals surface area contributed by atoms with E-state index in [1.165, 1.54) is 25.3 Å². The minimum Gasteiger partial charge on any atom is -0.497 e. The smallest absolute Gasteiger partial charge is 0.429 e. The predicted molar refractivity (Wildman–Crippen MR) is 89.0 cm³/mol. The second-order valence-electron chi connectivity index (χ2n) is 5.16. The molecule has 132 valence electrons. The Bertz CT molecular complexity index is 835. The van der Waals surface area contributed by atoms with Crippen LogP contribution in [-0.4, -0.2) is 19.4 Å². The zero-order chi connectivity index (χ0) is 18.2. The fraction of sp³-hybridized carbons (Fsp3) is 0.176. The number of halogens is 5. The van der Waals surface area contributed by atoms with E-state index in [-0.39, 0.29) is 27.3 Å². The first-order valence-corrected chi connectivity index (χ1v) is 7.80. The summed E-state index contributed by atoms with van der Waals surface area (Å²) in [6.07, 6.45) is -4.28. The Labute approximate surface area is 151 Å². The molecule has 0 spiro atoms. The molecule has 2 aromatic rings. The third-order valence-electron chi connectivity index (χ3n) is 3.45. The summed E-state index contributed by atoms with van der Waals surface area (Å²) in [6, 6.07) is 7.51. The molecule has 0 aliphatic carbocycles. The second-order valence-corrected chi connectivity index (χ2v) is 5.97. The second kappa shape index (κ2) is 6.69. The molecule has 1 heterocycles. The molecule has 2 aromatic carbocycles. The van der Waals surface area contributed by atoms with Crippen molar-refractivity contribution >= 4 is 29.3 Å². The summed E-state index contributed by atoms with van der Waals surface area (Å²) in [5, 5.41) is 0.478. The maximum Gasteiger partial charge on any atom is 0.429 e. The van der Waals surface area contributed by atoms with Gasteiger partial charge in [0.25, 0.3) is 0 Å². The van der Waals surface area contributed by atoms with Crippen LogP contribution in [0.15, 0.2) is 36.4 Å². The van der Waals surface area contributed by atoms with Gasteiger partial charge in [-0.2, -0.15) is 13.2 Å². The molecule has 0 bridgehead atoms. The molecule has 0 saturated heterocycles. The highest BCUT2D eigenvalue weighted by Crippen LogP contribution is 2.41. The lowest BCUT2D eigenvalue weighted by atomic mass is 10.1. The summed E-state index contributed by atoms with van der Waals surface area (Å²) in [7, 11) is 1.49. The molecule has 0 aromatic heterocycles. The molecule has 25 heavy (non-hydrogen) atoms. The number of ether oxygens (including phenoxy) is 3. The number of methoxy groups -OCH3 is 1. The summed E-state index contributed by atoms with van der Waals surface area (Å²) in [6.45, 7) is 0. The van der Waals surface area contributed by atoms with E-state index in [9.17, 15) is 13.2 Å². The molecule has 3 rings (SSSR count). The first-order valence-electron chi connectivity index (χ1n) is 7.04. The fourth-order valence-electron chi connectivity index (χ4n) is 2.21. The number of benzene rings is 2. The van der Waals surface area contributed by atoms with Gasteiger partial charge in [0.05, 0.1) is 17.2 Å². The van der Waals surface area contributed by atoms with E-state index in [0.29, 0.717) is 11.3 Å². The van der Waals surface area contributed by atoms with E-state index < -0.39 is 12.3 Å². The Kier molecular flexibility index (Phi) is 4.75. The molecule has 1 atom stereocenters. The summed E-state index contributed by atoms with van der Waals surface area (Å²) in [4.78, 5) is 0. The van der Waals surface area contributed by atoms with Crippen molar-refractivity contribution in [2.45, 2.75) is 12.3 Å². The van der Waals surface area contributed by atoms with Gasteiger partial charge in [-0.15, -0.1) is 0 Å². The van der Waals surface area contributed by atoms with Gasteiger partial charge in [-0.05, 0) is 24.3 Å². The standard InChI is InChI=1S/C17H11Cl2F3O3/c1-23-10-3-4-13(12(19)7-10)24-15-8-14-9(6-11(15)18)2-5-16(25-14)17(20,21)22/h2-8,16H,1H3/t16-/m1/s1. The highest BCUT2D eigenvalue weighted by atomic mass is 35.5. The summed E-state index contributed by atoms with van der Waals surface area (Å²) < 4.78 is 54.1. The van der Waals surface area contributed by atoms with Crippen molar-refractivity contribution in [1.29, 1.82) is 0 Å². The Morgan fingerprint density at radius 1 is 1.04 bits per heavy atom. The van der Waals surface area contributed by atoms with E-state index >= 15 is 0 Å². The third-order valence-corrected chi connectivity index (χ3v) is 4.04. The van der Waals surface area contributed by atoms with Crippen LogP contribution in [-0.2, 0) is 0 Å². The van der Waals surface area contributed by atoms with Crippen LogP contribution in [0.5, 0.6) is 23.0 Å². The zero-order valence-electron chi connectivity index (χ0n) is 12.7. The zero-order valence-corrected chi connectivity index (χ0v) is 14.2. The number of alkyl halides is 3. The van der Waals surface area contributed by atoms with Gasteiger partial charge in [-0.25, -0.2) is 0 Å². The molecule has 3 nitrogen and oxygen atoms in total. The lowest BCUT2D eigenvalue weighted by Gasteiger charge is -2.24. The number of fused-ring (bicyclic) bond motifs is 1. The minimum atomic E-state index is -4.51. The van der Waals surface area contributed by atoms with Gasteiger partial charge < -0.3 is 14.2 Å². The monoisotopic (exact) mass is 390 g/mol. The van der Waals surface area contributed by atoms with Crippen LogP contribution < -0.4 is 14.2 Å². The van der Waals surface area contributed by atoms with Gasteiger partial charge in [-0.3, -0.25) is 0 Å². The van der Waals surface area contributed by atoms with Crippen LogP contribution in [0, 0.1) is 0 Å². The lowest BCUT2D eigenvalue weighted by Crippen LogP contribution is -2.33. The van der Waals surface area contributed by atoms with E-state index in [4.69, 9.17) is 37.4 Å². The van der Waals surface area contributed by atoms with Crippen LogP contribution in [0.4, 0.5) is 13.2 Å². The third kappa shape index (κ3) is 3.80. The maximum absolute atomic E-state index is 12.8. The van der Waals surface area contributed by atoms with Gasteiger partial charge in [0.2, 0.25) is 6.10 Å². The van der Waals surface area contributed by atoms with Crippen molar-refractivity contribution in [3.8, 4) is 23.0 Å². The van der Waals surface area contributed by atoms with E-state index in [1.807, 2.05) is 0 Å². The summed E-state index contributed by atoms with van der Waals surface area (Å²) in [5.41, 5.74) is 0.429. The Hall–Kier alpha value is -2.05. The largest absolute Gasteiger partial charge is 0.497 e. The minimum absolute atomic E-state index is 0.0221. The van der Waals surface area contributed by atoms with Gasteiger partial charge in [0.15, 0.2) is 0 Å². The number of rotatable bonds is 3. The molecule has 0 N–H and O–H groups in total. The maximum atomic E-state index is 12.8. The summed E-state index contributed by atoms with van der Waals surface area (Å²) in [5.74, 6) is 0.969. The number of hydrogen-bond acceptors (Lipinski definition) is 3. The van der Waals surface area contributed by atoms with Crippen molar-refractivity contribution in [2.24, 2.45) is 0 Å². The molecule has 1 aliphatic rings. The molecule has 8 heteroatoms.